The standard InChI is InChI=1S/C14H24N2O3/c15-9-14(7-4-8-14)13(19)16-11(12(17)18)10-5-2-1-3-6-10/h10-11H,1-9,15H2,(H,16,19)(H,17,18). The Bertz CT molecular complexity index is 341. The summed E-state index contributed by atoms with van der Waals surface area (Å²) in [4.78, 5) is 23.7. The number of carbonyl (C=O) groups is 2. The molecule has 2 fully saturated rings. The monoisotopic (exact) mass is 268 g/mol. The molecule has 0 aromatic heterocycles. The zero-order valence-corrected chi connectivity index (χ0v) is 11.4. The van der Waals surface area contributed by atoms with Crippen molar-refractivity contribution < 1.29 is 14.7 Å². The van der Waals surface area contributed by atoms with Crippen molar-refractivity contribution in [1.82, 2.24) is 5.32 Å². The van der Waals surface area contributed by atoms with Gasteiger partial charge >= 0.3 is 5.97 Å². The number of carboxylic acids is 1. The van der Waals surface area contributed by atoms with Crippen LogP contribution in [0.2, 0.25) is 0 Å². The van der Waals surface area contributed by atoms with Crippen LogP contribution in [0.3, 0.4) is 0 Å². The predicted molar refractivity (Wildman–Crippen MR) is 71.5 cm³/mol. The van der Waals surface area contributed by atoms with E-state index >= 15 is 0 Å². The van der Waals surface area contributed by atoms with Gasteiger partial charge in [-0.3, -0.25) is 4.79 Å². The summed E-state index contributed by atoms with van der Waals surface area (Å²) >= 11 is 0. The highest BCUT2D eigenvalue weighted by molar-refractivity contribution is 5.88. The first-order chi connectivity index (χ1) is 9.09. The SMILES string of the molecule is NCC1(C(=O)NC(C(=O)O)C2CCCCC2)CCC1. The summed E-state index contributed by atoms with van der Waals surface area (Å²) in [6.45, 7) is 0.315. The lowest BCUT2D eigenvalue weighted by atomic mass is 9.68. The van der Waals surface area contributed by atoms with Crippen LogP contribution in [-0.4, -0.2) is 29.6 Å². The smallest absolute Gasteiger partial charge is 0.326 e. The van der Waals surface area contributed by atoms with Crippen molar-refractivity contribution in [3.05, 3.63) is 0 Å². The number of nitrogens with two attached hydrogens (primary N) is 1. The molecule has 4 N–H and O–H groups in total. The summed E-state index contributed by atoms with van der Waals surface area (Å²) in [5.74, 6) is -0.990. The topological polar surface area (TPSA) is 92.4 Å². The number of amides is 1. The van der Waals surface area contributed by atoms with E-state index in [2.05, 4.69) is 5.32 Å². The molecule has 0 radical (unpaired) electrons. The Morgan fingerprint density at radius 1 is 1.21 bits per heavy atom. The second-order valence-electron chi connectivity index (χ2n) is 6.03. The van der Waals surface area contributed by atoms with Crippen molar-refractivity contribution in [2.75, 3.05) is 6.54 Å². The van der Waals surface area contributed by atoms with Gasteiger partial charge < -0.3 is 16.2 Å². The van der Waals surface area contributed by atoms with Crippen LogP contribution >= 0.6 is 0 Å². The fourth-order valence-electron chi connectivity index (χ4n) is 3.27. The molecule has 0 aromatic carbocycles. The maximum Gasteiger partial charge on any atom is 0.326 e. The third-order valence-electron chi connectivity index (χ3n) is 4.86. The van der Waals surface area contributed by atoms with E-state index in [1.165, 1.54) is 6.42 Å². The maximum absolute atomic E-state index is 12.3. The Balaban J connectivity index is 2.00. The number of rotatable bonds is 5. The van der Waals surface area contributed by atoms with E-state index < -0.39 is 17.4 Å². The maximum atomic E-state index is 12.3. The number of carboxylic acid groups (broad SMARTS) is 1. The molecule has 2 aliphatic rings. The summed E-state index contributed by atoms with van der Waals surface area (Å²) in [5.41, 5.74) is 5.19. The fourth-order valence-corrected chi connectivity index (χ4v) is 3.27. The molecular weight excluding hydrogens is 244 g/mol. The largest absolute Gasteiger partial charge is 0.480 e. The van der Waals surface area contributed by atoms with Crippen molar-refractivity contribution in [2.24, 2.45) is 17.1 Å². The molecule has 5 heteroatoms. The van der Waals surface area contributed by atoms with Crippen LogP contribution in [0.1, 0.15) is 51.4 Å². The third kappa shape index (κ3) is 2.91. The van der Waals surface area contributed by atoms with E-state index in [9.17, 15) is 14.7 Å². The average Bonchev–Trinajstić information content (AvgIpc) is 2.36. The molecule has 108 valence electrons. The van der Waals surface area contributed by atoms with Crippen LogP contribution in [0.5, 0.6) is 0 Å². The van der Waals surface area contributed by atoms with Gasteiger partial charge in [0.15, 0.2) is 0 Å². The molecule has 0 aliphatic heterocycles. The zero-order valence-electron chi connectivity index (χ0n) is 11.4. The van der Waals surface area contributed by atoms with Gasteiger partial charge in [-0.25, -0.2) is 4.79 Å². The van der Waals surface area contributed by atoms with Gasteiger partial charge in [0.1, 0.15) is 6.04 Å². The number of aliphatic carboxylic acids is 1. The average molecular weight is 268 g/mol. The molecule has 0 aromatic rings. The van der Waals surface area contributed by atoms with Crippen molar-refractivity contribution >= 4 is 11.9 Å². The van der Waals surface area contributed by atoms with Crippen molar-refractivity contribution in [3.8, 4) is 0 Å². The van der Waals surface area contributed by atoms with Crippen LogP contribution in [-0.2, 0) is 9.59 Å². The highest BCUT2D eigenvalue weighted by Crippen LogP contribution is 2.40. The minimum atomic E-state index is -0.910. The van der Waals surface area contributed by atoms with E-state index in [0.717, 1.165) is 44.9 Å². The van der Waals surface area contributed by atoms with Gasteiger partial charge in [-0.1, -0.05) is 25.7 Å². The summed E-state index contributed by atoms with van der Waals surface area (Å²) < 4.78 is 0. The molecular formula is C14H24N2O3. The molecule has 1 amide bonds. The normalized spacial score (nSPS) is 24.3. The van der Waals surface area contributed by atoms with Gasteiger partial charge in [0.05, 0.1) is 5.41 Å². The van der Waals surface area contributed by atoms with Gasteiger partial charge in [-0.2, -0.15) is 0 Å². The highest BCUT2D eigenvalue weighted by Gasteiger charge is 2.44. The molecule has 2 rings (SSSR count). The molecule has 5 nitrogen and oxygen atoms in total. The van der Waals surface area contributed by atoms with E-state index in [1.54, 1.807) is 0 Å². The Labute approximate surface area is 113 Å². The van der Waals surface area contributed by atoms with E-state index in [4.69, 9.17) is 5.73 Å². The molecule has 0 saturated heterocycles. The Morgan fingerprint density at radius 3 is 2.26 bits per heavy atom. The van der Waals surface area contributed by atoms with Crippen molar-refractivity contribution in [3.63, 3.8) is 0 Å². The van der Waals surface area contributed by atoms with Gasteiger partial charge in [0.25, 0.3) is 0 Å². The number of nitrogens with one attached hydrogen (secondary N) is 1. The highest BCUT2D eigenvalue weighted by atomic mass is 16.4. The van der Waals surface area contributed by atoms with Gasteiger partial charge in [-0.15, -0.1) is 0 Å². The third-order valence-corrected chi connectivity index (χ3v) is 4.86. The molecule has 0 spiro atoms. The summed E-state index contributed by atoms with van der Waals surface area (Å²) in [6, 6.07) is -0.739. The Kier molecular flexibility index (Phi) is 4.45. The Morgan fingerprint density at radius 2 is 1.84 bits per heavy atom. The lowest BCUT2D eigenvalue weighted by Crippen LogP contribution is -2.56. The van der Waals surface area contributed by atoms with Crippen LogP contribution in [0, 0.1) is 11.3 Å². The van der Waals surface area contributed by atoms with Crippen LogP contribution in [0.4, 0.5) is 0 Å². The minimum Gasteiger partial charge on any atom is -0.480 e. The van der Waals surface area contributed by atoms with Crippen LogP contribution in [0.25, 0.3) is 0 Å². The first-order valence-electron chi connectivity index (χ1n) is 7.33. The zero-order chi connectivity index (χ0) is 13.9. The summed E-state index contributed by atoms with van der Waals surface area (Å²) in [6.07, 6.45) is 7.66. The van der Waals surface area contributed by atoms with Gasteiger partial charge in [-0.05, 0) is 31.6 Å². The van der Waals surface area contributed by atoms with Gasteiger partial charge in [0.2, 0.25) is 5.91 Å². The number of hydrogen-bond donors (Lipinski definition) is 3. The molecule has 0 heterocycles. The first-order valence-corrected chi connectivity index (χ1v) is 7.33. The molecule has 19 heavy (non-hydrogen) atoms. The van der Waals surface area contributed by atoms with E-state index in [0.29, 0.717) is 6.54 Å². The minimum absolute atomic E-state index is 0.0742. The second-order valence-corrected chi connectivity index (χ2v) is 6.03. The molecule has 2 aliphatic carbocycles. The molecule has 0 bridgehead atoms. The molecule has 2 saturated carbocycles. The van der Waals surface area contributed by atoms with E-state index in [1.807, 2.05) is 0 Å². The quantitative estimate of drug-likeness (QED) is 0.700. The number of hydrogen-bond acceptors (Lipinski definition) is 3. The van der Waals surface area contributed by atoms with Gasteiger partial charge in [0, 0.05) is 6.54 Å². The number of carbonyl (C=O) groups excluding carboxylic acids is 1. The second kappa shape index (κ2) is 5.90. The molecule has 1 unspecified atom stereocenters. The van der Waals surface area contributed by atoms with Crippen molar-refractivity contribution in [1.29, 1.82) is 0 Å². The lowest BCUT2D eigenvalue weighted by molar-refractivity contribution is -0.147. The van der Waals surface area contributed by atoms with Crippen LogP contribution in [0.15, 0.2) is 0 Å². The lowest BCUT2D eigenvalue weighted by Gasteiger charge is -2.40. The molecule has 1 atom stereocenters. The van der Waals surface area contributed by atoms with Crippen LogP contribution < -0.4 is 11.1 Å². The first kappa shape index (κ1) is 14.3. The van der Waals surface area contributed by atoms with E-state index in [-0.39, 0.29) is 11.8 Å². The summed E-state index contributed by atoms with van der Waals surface area (Å²) in [5, 5.41) is 12.1. The predicted octanol–water partition coefficient (Wildman–Crippen LogP) is 1.27. The van der Waals surface area contributed by atoms with Crippen molar-refractivity contribution in [2.45, 2.75) is 57.4 Å². The Hall–Kier alpha value is -1.10. The fraction of sp³-hybridized carbons (Fsp3) is 0.857. The summed E-state index contributed by atoms with van der Waals surface area (Å²) in [7, 11) is 0.